The van der Waals surface area contributed by atoms with E-state index >= 15 is 0 Å². The quantitative estimate of drug-likeness (QED) is 0.860. The molecule has 106 valence electrons. The van der Waals surface area contributed by atoms with Crippen molar-refractivity contribution in [1.82, 2.24) is 4.98 Å². The molecular weight excluding hydrogens is 296 g/mol. The molecule has 0 fully saturated rings. The molecule has 0 aliphatic carbocycles. The molecule has 0 amide bonds. The summed E-state index contributed by atoms with van der Waals surface area (Å²) in [5.74, 6) is 0. The van der Waals surface area contributed by atoms with Crippen LogP contribution in [0.25, 0.3) is 0 Å². The van der Waals surface area contributed by atoms with Crippen LogP contribution in [-0.2, 0) is 16.4 Å². The standard InChI is InChI=1S/C14H15ClN2O2S/c1-2-4-11-6-8-12(9-7-11)20(18,19)17-13-5-3-10-16-14(13)15/h3,5-10,17H,2,4H2,1H3. The van der Waals surface area contributed by atoms with E-state index in [1.807, 2.05) is 12.1 Å². The van der Waals surface area contributed by atoms with Gasteiger partial charge in [-0.3, -0.25) is 4.72 Å². The van der Waals surface area contributed by atoms with E-state index < -0.39 is 10.0 Å². The maximum absolute atomic E-state index is 12.2. The molecule has 2 rings (SSSR count). The van der Waals surface area contributed by atoms with Crippen molar-refractivity contribution in [3.63, 3.8) is 0 Å². The molecule has 0 unspecified atom stereocenters. The number of aryl methyl sites for hydroxylation is 1. The van der Waals surface area contributed by atoms with Crippen LogP contribution in [0.1, 0.15) is 18.9 Å². The second-order valence-corrected chi connectivity index (χ2v) is 6.38. The Morgan fingerprint density at radius 1 is 1.20 bits per heavy atom. The van der Waals surface area contributed by atoms with Gasteiger partial charge in [0.15, 0.2) is 5.15 Å². The first-order chi connectivity index (χ1) is 9.53. The van der Waals surface area contributed by atoms with Gasteiger partial charge < -0.3 is 0 Å². The summed E-state index contributed by atoms with van der Waals surface area (Å²) in [7, 11) is -3.64. The minimum Gasteiger partial charge on any atom is -0.276 e. The van der Waals surface area contributed by atoms with Crippen LogP contribution >= 0.6 is 11.6 Å². The Kier molecular flexibility index (Phi) is 4.62. The molecule has 4 nitrogen and oxygen atoms in total. The predicted octanol–water partition coefficient (Wildman–Crippen LogP) is 3.49. The molecule has 0 radical (unpaired) electrons. The van der Waals surface area contributed by atoms with Crippen molar-refractivity contribution in [3.05, 3.63) is 53.3 Å². The number of nitrogens with one attached hydrogen (secondary N) is 1. The van der Waals surface area contributed by atoms with Crippen LogP contribution in [0.5, 0.6) is 0 Å². The van der Waals surface area contributed by atoms with Crippen molar-refractivity contribution in [3.8, 4) is 0 Å². The third-order valence-corrected chi connectivity index (χ3v) is 4.46. The number of aromatic nitrogens is 1. The first-order valence-electron chi connectivity index (χ1n) is 6.25. The van der Waals surface area contributed by atoms with Crippen LogP contribution < -0.4 is 4.72 Å². The summed E-state index contributed by atoms with van der Waals surface area (Å²) in [6.45, 7) is 2.08. The van der Waals surface area contributed by atoms with E-state index in [-0.39, 0.29) is 15.7 Å². The third-order valence-electron chi connectivity index (χ3n) is 2.78. The molecule has 0 saturated heterocycles. The van der Waals surface area contributed by atoms with E-state index in [1.54, 1.807) is 24.3 Å². The van der Waals surface area contributed by atoms with E-state index in [9.17, 15) is 8.42 Å². The van der Waals surface area contributed by atoms with E-state index in [1.165, 1.54) is 6.20 Å². The van der Waals surface area contributed by atoms with Gasteiger partial charge >= 0.3 is 0 Å². The maximum Gasteiger partial charge on any atom is 0.261 e. The average Bonchev–Trinajstić information content (AvgIpc) is 2.42. The van der Waals surface area contributed by atoms with Crippen LogP contribution in [-0.4, -0.2) is 13.4 Å². The Morgan fingerprint density at radius 3 is 2.50 bits per heavy atom. The highest BCUT2D eigenvalue weighted by Gasteiger charge is 2.15. The molecule has 20 heavy (non-hydrogen) atoms. The molecule has 0 aliphatic rings. The van der Waals surface area contributed by atoms with Crippen molar-refractivity contribution in [2.75, 3.05) is 4.72 Å². The van der Waals surface area contributed by atoms with Gasteiger partial charge in [0.25, 0.3) is 10.0 Å². The molecule has 0 atom stereocenters. The molecule has 1 heterocycles. The Hall–Kier alpha value is -1.59. The molecule has 0 aliphatic heterocycles. The second-order valence-electron chi connectivity index (χ2n) is 4.34. The number of pyridine rings is 1. The van der Waals surface area contributed by atoms with Crippen molar-refractivity contribution in [2.24, 2.45) is 0 Å². The monoisotopic (exact) mass is 310 g/mol. The van der Waals surface area contributed by atoms with Crippen LogP contribution in [0.4, 0.5) is 5.69 Å². The zero-order valence-electron chi connectivity index (χ0n) is 11.0. The van der Waals surface area contributed by atoms with Gasteiger partial charge in [0.1, 0.15) is 0 Å². The number of hydrogen-bond acceptors (Lipinski definition) is 3. The number of halogens is 1. The van der Waals surface area contributed by atoms with Gasteiger partial charge in [-0.1, -0.05) is 37.1 Å². The lowest BCUT2D eigenvalue weighted by atomic mass is 10.1. The average molecular weight is 311 g/mol. The van der Waals surface area contributed by atoms with Gasteiger partial charge in [0.2, 0.25) is 0 Å². The lowest BCUT2D eigenvalue weighted by Gasteiger charge is -2.09. The summed E-state index contributed by atoms with van der Waals surface area (Å²) in [5, 5.41) is 0.124. The van der Waals surface area contributed by atoms with Gasteiger partial charge in [-0.05, 0) is 36.2 Å². The van der Waals surface area contributed by atoms with Crippen LogP contribution in [0.3, 0.4) is 0 Å². The summed E-state index contributed by atoms with van der Waals surface area (Å²) >= 11 is 5.85. The molecule has 0 bridgehead atoms. The fourth-order valence-corrected chi connectivity index (χ4v) is 3.08. The highest BCUT2D eigenvalue weighted by atomic mass is 35.5. The molecule has 6 heteroatoms. The third kappa shape index (κ3) is 3.49. The van der Waals surface area contributed by atoms with E-state index in [0.717, 1.165) is 18.4 Å². The number of benzene rings is 1. The molecule has 1 aromatic carbocycles. The predicted molar refractivity (Wildman–Crippen MR) is 80.5 cm³/mol. The van der Waals surface area contributed by atoms with E-state index in [4.69, 9.17) is 11.6 Å². The molecule has 2 aromatic rings. The van der Waals surface area contributed by atoms with Crippen molar-refractivity contribution in [1.29, 1.82) is 0 Å². The zero-order valence-corrected chi connectivity index (χ0v) is 12.6. The Bertz CT molecular complexity index is 685. The lowest BCUT2D eigenvalue weighted by Crippen LogP contribution is -2.13. The summed E-state index contributed by atoms with van der Waals surface area (Å²) < 4.78 is 26.9. The summed E-state index contributed by atoms with van der Waals surface area (Å²) in [6.07, 6.45) is 3.46. The van der Waals surface area contributed by atoms with Gasteiger partial charge in [-0.2, -0.15) is 0 Å². The van der Waals surface area contributed by atoms with Gasteiger partial charge in [-0.15, -0.1) is 0 Å². The normalized spacial score (nSPS) is 11.3. The Labute approximate surface area is 123 Å². The topological polar surface area (TPSA) is 59.1 Å². The fraction of sp³-hybridized carbons (Fsp3) is 0.214. The lowest BCUT2D eigenvalue weighted by molar-refractivity contribution is 0.601. The Morgan fingerprint density at radius 2 is 1.90 bits per heavy atom. The first kappa shape index (κ1) is 14.8. The number of anilines is 1. The van der Waals surface area contributed by atoms with Gasteiger partial charge in [-0.25, -0.2) is 13.4 Å². The molecule has 1 aromatic heterocycles. The highest BCUT2D eigenvalue weighted by Crippen LogP contribution is 2.22. The zero-order chi connectivity index (χ0) is 14.6. The Balaban J connectivity index is 2.24. The van der Waals surface area contributed by atoms with Crippen molar-refractivity contribution < 1.29 is 8.42 Å². The number of hydrogen-bond donors (Lipinski definition) is 1. The molecule has 0 spiro atoms. The summed E-state index contributed by atoms with van der Waals surface area (Å²) in [4.78, 5) is 4.04. The largest absolute Gasteiger partial charge is 0.276 e. The van der Waals surface area contributed by atoms with E-state index in [2.05, 4.69) is 16.6 Å². The molecule has 0 saturated carbocycles. The highest BCUT2D eigenvalue weighted by molar-refractivity contribution is 7.92. The minimum atomic E-state index is -3.64. The molecular formula is C14H15ClN2O2S. The minimum absolute atomic E-state index is 0.124. The van der Waals surface area contributed by atoms with Crippen LogP contribution in [0, 0.1) is 0 Å². The van der Waals surface area contributed by atoms with Gasteiger partial charge in [0, 0.05) is 6.20 Å². The fourth-order valence-electron chi connectivity index (χ4n) is 1.79. The number of rotatable bonds is 5. The smallest absolute Gasteiger partial charge is 0.261 e. The first-order valence-corrected chi connectivity index (χ1v) is 8.11. The summed E-state index contributed by atoms with van der Waals surface area (Å²) in [6, 6.07) is 10.0. The summed E-state index contributed by atoms with van der Waals surface area (Å²) in [5.41, 5.74) is 1.39. The van der Waals surface area contributed by atoms with Crippen molar-refractivity contribution >= 4 is 27.3 Å². The maximum atomic E-state index is 12.2. The number of nitrogens with zero attached hydrogens (tertiary/aromatic N) is 1. The van der Waals surface area contributed by atoms with E-state index in [0.29, 0.717) is 0 Å². The second kappa shape index (κ2) is 6.24. The van der Waals surface area contributed by atoms with Gasteiger partial charge in [0.05, 0.1) is 10.6 Å². The molecule has 1 N–H and O–H groups in total. The SMILES string of the molecule is CCCc1ccc(S(=O)(=O)Nc2cccnc2Cl)cc1. The number of sulfonamides is 1. The van der Waals surface area contributed by atoms with Crippen LogP contribution in [0.2, 0.25) is 5.15 Å². The van der Waals surface area contributed by atoms with Crippen LogP contribution in [0.15, 0.2) is 47.5 Å². The van der Waals surface area contributed by atoms with Crippen molar-refractivity contribution in [2.45, 2.75) is 24.7 Å².